The molecule has 0 aromatic heterocycles. The number of hydrogen-bond acceptors (Lipinski definition) is 5. The van der Waals surface area contributed by atoms with Crippen LogP contribution in [-0.2, 0) is 9.59 Å². The molecule has 8 nitrogen and oxygen atoms in total. The molecule has 100 valence electrons. The topological polar surface area (TPSA) is 130 Å². The van der Waals surface area contributed by atoms with Gasteiger partial charge in [-0.3, -0.25) is 14.9 Å². The lowest BCUT2D eigenvalue weighted by atomic mass is 10.2. The van der Waals surface area contributed by atoms with Gasteiger partial charge in [-0.25, -0.2) is 4.79 Å². The number of benzene rings is 1. The quantitative estimate of drug-likeness (QED) is 0.325. The van der Waals surface area contributed by atoms with Crippen LogP contribution in [0.15, 0.2) is 29.8 Å². The molecule has 3 N–H and O–H groups in total. The van der Waals surface area contributed by atoms with Crippen molar-refractivity contribution in [2.75, 3.05) is 5.32 Å². The summed E-state index contributed by atoms with van der Waals surface area (Å²) in [4.78, 5) is 31.8. The number of carboxylic acid groups (broad SMARTS) is 1. The van der Waals surface area contributed by atoms with E-state index in [0.29, 0.717) is 6.08 Å². The number of rotatable bonds is 4. The van der Waals surface area contributed by atoms with Crippen LogP contribution in [0.3, 0.4) is 0 Å². The highest BCUT2D eigenvalue weighted by Crippen LogP contribution is 2.28. The molecular weight excluding hydrogens is 256 g/mol. The molecule has 19 heavy (non-hydrogen) atoms. The summed E-state index contributed by atoms with van der Waals surface area (Å²) in [5.41, 5.74) is -0.594. The second kappa shape index (κ2) is 5.63. The number of phenolic OH excluding ortho intramolecular Hbond substituents is 1. The van der Waals surface area contributed by atoms with Crippen LogP contribution < -0.4 is 5.32 Å². The normalized spacial score (nSPS) is 10.9. The highest BCUT2D eigenvalue weighted by molar-refractivity contribution is 6.07. The zero-order valence-electron chi connectivity index (χ0n) is 9.78. The fraction of sp³-hybridized carbons (Fsp3) is 0.0909. The molecule has 0 aliphatic carbocycles. The van der Waals surface area contributed by atoms with Gasteiger partial charge in [0.05, 0.1) is 10.6 Å². The molecule has 0 atom stereocenters. The van der Waals surface area contributed by atoms with E-state index in [1.807, 2.05) is 0 Å². The van der Waals surface area contributed by atoms with Gasteiger partial charge in [-0.1, -0.05) is 0 Å². The SMILES string of the molecule is C/C(=C/C(=O)O)C(=O)Nc1cc([N+](=O)[O-])ccc1O. The standard InChI is InChI=1S/C11H10N2O6/c1-6(4-10(15)16)11(17)12-8-5-7(13(18)19)2-3-9(8)14/h2-5,14H,1H3,(H,12,17)(H,15,16)/b6-4-. The zero-order chi connectivity index (χ0) is 14.6. The van der Waals surface area contributed by atoms with Crippen LogP contribution in [0.4, 0.5) is 11.4 Å². The molecule has 1 amide bonds. The van der Waals surface area contributed by atoms with Gasteiger partial charge in [-0.15, -0.1) is 0 Å². The van der Waals surface area contributed by atoms with Crippen molar-refractivity contribution in [1.29, 1.82) is 0 Å². The number of nitrogens with zero attached hydrogens (tertiary/aromatic N) is 1. The minimum atomic E-state index is -1.30. The van der Waals surface area contributed by atoms with Crippen molar-refractivity contribution in [3.8, 4) is 5.75 Å². The Morgan fingerprint density at radius 3 is 2.58 bits per heavy atom. The Morgan fingerprint density at radius 2 is 2.05 bits per heavy atom. The van der Waals surface area contributed by atoms with Crippen LogP contribution >= 0.6 is 0 Å². The number of carboxylic acids is 1. The summed E-state index contributed by atoms with van der Waals surface area (Å²) in [6.07, 6.45) is 0.684. The van der Waals surface area contributed by atoms with Crippen molar-refractivity contribution in [1.82, 2.24) is 0 Å². The number of nitrogens with one attached hydrogen (secondary N) is 1. The Labute approximate surface area is 107 Å². The molecule has 0 aliphatic heterocycles. The number of amides is 1. The first-order valence-corrected chi connectivity index (χ1v) is 5.01. The average molecular weight is 266 g/mol. The Bertz CT molecular complexity index is 579. The number of aliphatic carboxylic acids is 1. The maximum Gasteiger partial charge on any atom is 0.328 e. The zero-order valence-corrected chi connectivity index (χ0v) is 9.78. The number of hydrogen-bond donors (Lipinski definition) is 3. The van der Waals surface area contributed by atoms with E-state index in [1.165, 1.54) is 6.92 Å². The molecule has 0 fully saturated rings. The summed E-state index contributed by atoms with van der Waals surface area (Å²) < 4.78 is 0. The molecule has 0 bridgehead atoms. The van der Waals surface area contributed by atoms with Crippen LogP contribution in [0.1, 0.15) is 6.92 Å². The van der Waals surface area contributed by atoms with Gasteiger partial charge in [0, 0.05) is 23.8 Å². The molecule has 0 radical (unpaired) electrons. The first-order chi connectivity index (χ1) is 8.81. The Morgan fingerprint density at radius 1 is 1.42 bits per heavy atom. The first-order valence-electron chi connectivity index (χ1n) is 5.01. The van der Waals surface area contributed by atoms with E-state index in [9.17, 15) is 24.8 Å². The van der Waals surface area contributed by atoms with Gasteiger partial charge in [0.15, 0.2) is 0 Å². The van der Waals surface area contributed by atoms with E-state index in [2.05, 4.69) is 5.32 Å². The lowest BCUT2D eigenvalue weighted by Gasteiger charge is -2.06. The van der Waals surface area contributed by atoms with Gasteiger partial charge < -0.3 is 15.5 Å². The molecule has 0 unspecified atom stereocenters. The molecule has 0 spiro atoms. The first kappa shape index (κ1) is 14.2. The number of carbonyl (C=O) groups is 2. The van der Waals surface area contributed by atoms with Crippen molar-refractivity contribution < 1.29 is 24.7 Å². The molecule has 0 saturated carbocycles. The number of nitro benzene ring substituents is 1. The van der Waals surface area contributed by atoms with E-state index < -0.39 is 16.8 Å². The van der Waals surface area contributed by atoms with Crippen LogP contribution in [0.2, 0.25) is 0 Å². The molecule has 1 aromatic carbocycles. The summed E-state index contributed by atoms with van der Waals surface area (Å²) in [7, 11) is 0. The molecule has 1 aromatic rings. The second-order valence-corrected chi connectivity index (χ2v) is 3.58. The lowest BCUT2D eigenvalue weighted by Crippen LogP contribution is -2.14. The van der Waals surface area contributed by atoms with E-state index >= 15 is 0 Å². The van der Waals surface area contributed by atoms with Gasteiger partial charge in [0.2, 0.25) is 0 Å². The van der Waals surface area contributed by atoms with Gasteiger partial charge in [0.1, 0.15) is 5.75 Å². The van der Waals surface area contributed by atoms with Crippen molar-refractivity contribution in [2.24, 2.45) is 0 Å². The monoisotopic (exact) mass is 266 g/mol. The van der Waals surface area contributed by atoms with Gasteiger partial charge in [0.25, 0.3) is 11.6 Å². The Hall–Kier alpha value is -2.90. The van der Waals surface area contributed by atoms with E-state index in [4.69, 9.17) is 5.11 Å². The minimum absolute atomic E-state index is 0.113. The van der Waals surface area contributed by atoms with Crippen molar-refractivity contribution in [3.63, 3.8) is 0 Å². The van der Waals surface area contributed by atoms with Crippen molar-refractivity contribution >= 4 is 23.3 Å². The van der Waals surface area contributed by atoms with Crippen molar-refractivity contribution in [3.05, 3.63) is 40.0 Å². The third-order valence-corrected chi connectivity index (χ3v) is 2.14. The van der Waals surface area contributed by atoms with Crippen LogP contribution in [0, 0.1) is 10.1 Å². The smallest absolute Gasteiger partial charge is 0.328 e. The fourth-order valence-corrected chi connectivity index (χ4v) is 1.21. The highest BCUT2D eigenvalue weighted by atomic mass is 16.6. The number of carbonyl (C=O) groups excluding carboxylic acids is 1. The predicted molar refractivity (Wildman–Crippen MR) is 64.8 cm³/mol. The molecule has 1 rings (SSSR count). The summed E-state index contributed by atoms with van der Waals surface area (Å²) in [5.74, 6) is -2.43. The van der Waals surface area contributed by atoms with E-state index in [0.717, 1.165) is 18.2 Å². The lowest BCUT2D eigenvalue weighted by molar-refractivity contribution is -0.384. The van der Waals surface area contributed by atoms with Gasteiger partial charge in [-0.2, -0.15) is 0 Å². The molecule has 0 saturated heterocycles. The highest BCUT2D eigenvalue weighted by Gasteiger charge is 2.13. The third-order valence-electron chi connectivity index (χ3n) is 2.14. The molecular formula is C11H10N2O6. The maximum atomic E-state index is 11.6. The summed E-state index contributed by atoms with van der Waals surface area (Å²) >= 11 is 0. The van der Waals surface area contributed by atoms with Crippen LogP contribution in [0.5, 0.6) is 5.75 Å². The summed E-state index contributed by atoms with van der Waals surface area (Å²) in [6.45, 7) is 1.26. The largest absolute Gasteiger partial charge is 0.506 e. The van der Waals surface area contributed by atoms with E-state index in [1.54, 1.807) is 0 Å². The van der Waals surface area contributed by atoms with Crippen molar-refractivity contribution in [2.45, 2.75) is 6.92 Å². The second-order valence-electron chi connectivity index (χ2n) is 3.58. The number of aromatic hydroxyl groups is 1. The Kier molecular flexibility index (Phi) is 4.19. The third kappa shape index (κ3) is 3.80. The van der Waals surface area contributed by atoms with Crippen LogP contribution in [0.25, 0.3) is 0 Å². The summed E-state index contributed by atoms with van der Waals surface area (Å²) in [5, 5.41) is 30.7. The van der Waals surface area contributed by atoms with Gasteiger partial charge in [-0.05, 0) is 13.0 Å². The maximum absolute atomic E-state index is 11.6. The van der Waals surface area contributed by atoms with E-state index in [-0.39, 0.29) is 22.7 Å². The number of non-ortho nitro benzene ring substituents is 1. The fourth-order valence-electron chi connectivity index (χ4n) is 1.21. The Balaban J connectivity index is 2.99. The molecule has 8 heteroatoms. The molecule has 0 aliphatic rings. The average Bonchev–Trinajstić information content (AvgIpc) is 2.30. The van der Waals surface area contributed by atoms with Crippen LogP contribution in [-0.4, -0.2) is 27.0 Å². The molecule has 0 heterocycles. The van der Waals surface area contributed by atoms with Gasteiger partial charge >= 0.3 is 5.97 Å². The summed E-state index contributed by atoms with van der Waals surface area (Å²) in [6, 6.07) is 3.11. The number of anilines is 1. The number of nitro groups is 1. The predicted octanol–water partition coefficient (Wildman–Crippen LogP) is 1.27. The number of phenols is 1. The minimum Gasteiger partial charge on any atom is -0.506 e.